The van der Waals surface area contributed by atoms with Gasteiger partial charge in [-0.1, -0.05) is 18.2 Å². The number of nitrogens with zero attached hydrogens (tertiary/aromatic N) is 1. The van der Waals surface area contributed by atoms with Crippen LogP contribution in [0.25, 0.3) is 6.08 Å². The summed E-state index contributed by atoms with van der Waals surface area (Å²) < 4.78 is 0. The maximum Gasteiger partial charge on any atom is 0.259 e. The Labute approximate surface area is 130 Å². The molecule has 0 bridgehead atoms. The van der Waals surface area contributed by atoms with E-state index in [1.54, 1.807) is 26.0 Å². The topological polar surface area (TPSA) is 53.2 Å². The molecule has 1 heterocycles. The Bertz CT molecular complexity index is 769. The maximum absolute atomic E-state index is 12.2. The van der Waals surface area contributed by atoms with Gasteiger partial charge in [0, 0.05) is 25.5 Å². The molecule has 1 aromatic heterocycles. The SMILES string of the molecule is Cc1cc(C)c(C(=O)C=Cc2ccc(N(C)C)cc2)c(=O)[nH]1. The molecule has 114 valence electrons. The number of rotatable bonds is 4. The zero-order chi connectivity index (χ0) is 16.3. The van der Waals surface area contributed by atoms with Crippen molar-refractivity contribution >= 4 is 17.5 Å². The van der Waals surface area contributed by atoms with Crippen LogP contribution in [0.5, 0.6) is 0 Å². The molecule has 0 aliphatic rings. The third kappa shape index (κ3) is 3.52. The van der Waals surface area contributed by atoms with E-state index in [1.165, 1.54) is 6.08 Å². The van der Waals surface area contributed by atoms with Crippen molar-refractivity contribution in [2.75, 3.05) is 19.0 Å². The van der Waals surface area contributed by atoms with Crippen LogP contribution < -0.4 is 10.5 Å². The average molecular weight is 296 g/mol. The number of allylic oxidation sites excluding steroid dienone is 1. The van der Waals surface area contributed by atoms with E-state index in [0.29, 0.717) is 5.56 Å². The summed E-state index contributed by atoms with van der Waals surface area (Å²) in [5.41, 5.74) is 3.32. The molecule has 0 radical (unpaired) electrons. The van der Waals surface area contributed by atoms with Gasteiger partial charge in [-0.15, -0.1) is 0 Å². The van der Waals surface area contributed by atoms with Crippen LogP contribution in [0.2, 0.25) is 0 Å². The number of hydrogen-bond donors (Lipinski definition) is 1. The van der Waals surface area contributed by atoms with Gasteiger partial charge < -0.3 is 9.88 Å². The summed E-state index contributed by atoms with van der Waals surface area (Å²) in [7, 11) is 3.95. The standard InChI is InChI=1S/C18H20N2O2/c1-12-11-13(2)19-18(22)17(12)16(21)10-7-14-5-8-15(9-6-14)20(3)4/h5-11H,1-4H3,(H,19,22). The molecule has 0 aliphatic heterocycles. The minimum atomic E-state index is -0.338. The second-order valence-corrected chi connectivity index (χ2v) is 5.52. The summed E-state index contributed by atoms with van der Waals surface area (Å²) in [6.45, 7) is 3.57. The minimum absolute atomic E-state index is 0.201. The van der Waals surface area contributed by atoms with Crippen LogP contribution in [0.15, 0.2) is 41.2 Å². The molecule has 1 aromatic carbocycles. The lowest BCUT2D eigenvalue weighted by atomic mass is 10.0. The summed E-state index contributed by atoms with van der Waals surface area (Å²) in [5.74, 6) is -0.282. The Kier molecular flexibility index (Phi) is 4.61. The van der Waals surface area contributed by atoms with Crippen molar-refractivity contribution in [2.45, 2.75) is 13.8 Å². The van der Waals surface area contributed by atoms with Crippen LogP contribution in [0.3, 0.4) is 0 Å². The molecule has 2 aromatic rings. The molecule has 4 nitrogen and oxygen atoms in total. The lowest BCUT2D eigenvalue weighted by Gasteiger charge is -2.11. The second kappa shape index (κ2) is 6.43. The number of H-pyrrole nitrogens is 1. The number of carbonyl (C=O) groups is 1. The number of anilines is 1. The molecule has 0 saturated heterocycles. The fourth-order valence-corrected chi connectivity index (χ4v) is 2.30. The van der Waals surface area contributed by atoms with E-state index in [-0.39, 0.29) is 16.9 Å². The Morgan fingerprint density at radius 2 is 1.77 bits per heavy atom. The van der Waals surface area contributed by atoms with Gasteiger partial charge in [-0.05, 0) is 49.2 Å². The Balaban J connectivity index is 2.23. The number of hydrogen-bond acceptors (Lipinski definition) is 3. The number of aromatic nitrogens is 1. The van der Waals surface area contributed by atoms with Crippen LogP contribution in [-0.4, -0.2) is 24.9 Å². The highest BCUT2D eigenvalue weighted by Gasteiger charge is 2.11. The van der Waals surface area contributed by atoms with Crippen LogP contribution in [0.4, 0.5) is 5.69 Å². The first-order valence-corrected chi connectivity index (χ1v) is 7.09. The van der Waals surface area contributed by atoms with E-state index in [9.17, 15) is 9.59 Å². The van der Waals surface area contributed by atoms with Crippen molar-refractivity contribution in [3.8, 4) is 0 Å². The lowest BCUT2D eigenvalue weighted by molar-refractivity contribution is 0.104. The quantitative estimate of drug-likeness (QED) is 0.697. The molecule has 2 rings (SSSR count). The molecule has 4 heteroatoms. The molecule has 22 heavy (non-hydrogen) atoms. The van der Waals surface area contributed by atoms with Crippen LogP contribution in [0, 0.1) is 13.8 Å². The zero-order valence-electron chi connectivity index (χ0n) is 13.3. The summed E-state index contributed by atoms with van der Waals surface area (Å²) >= 11 is 0. The Morgan fingerprint density at radius 3 is 2.32 bits per heavy atom. The highest BCUT2D eigenvalue weighted by atomic mass is 16.1. The Morgan fingerprint density at radius 1 is 1.14 bits per heavy atom. The fourth-order valence-electron chi connectivity index (χ4n) is 2.30. The summed E-state index contributed by atoms with van der Waals surface area (Å²) in [4.78, 5) is 28.8. The van der Waals surface area contributed by atoms with Gasteiger partial charge in [0.1, 0.15) is 0 Å². The maximum atomic E-state index is 12.2. The van der Waals surface area contributed by atoms with Gasteiger partial charge in [-0.2, -0.15) is 0 Å². The van der Waals surface area contributed by atoms with E-state index >= 15 is 0 Å². The number of benzene rings is 1. The number of pyridine rings is 1. The Hall–Kier alpha value is -2.62. The smallest absolute Gasteiger partial charge is 0.259 e. The first kappa shape index (κ1) is 15.8. The largest absolute Gasteiger partial charge is 0.378 e. The fraction of sp³-hybridized carbons (Fsp3) is 0.222. The van der Waals surface area contributed by atoms with Crippen molar-refractivity contribution in [3.63, 3.8) is 0 Å². The number of aromatic amines is 1. The monoisotopic (exact) mass is 296 g/mol. The zero-order valence-corrected chi connectivity index (χ0v) is 13.3. The number of carbonyl (C=O) groups excluding carboxylic acids is 1. The predicted molar refractivity (Wildman–Crippen MR) is 90.7 cm³/mol. The van der Waals surface area contributed by atoms with Crippen molar-refractivity contribution in [2.24, 2.45) is 0 Å². The first-order valence-electron chi connectivity index (χ1n) is 7.09. The van der Waals surface area contributed by atoms with E-state index in [4.69, 9.17) is 0 Å². The molecule has 0 amide bonds. The van der Waals surface area contributed by atoms with Gasteiger partial charge >= 0.3 is 0 Å². The minimum Gasteiger partial charge on any atom is -0.378 e. The second-order valence-electron chi connectivity index (χ2n) is 5.52. The molecule has 0 atom stereocenters. The van der Waals surface area contributed by atoms with Crippen LogP contribution >= 0.6 is 0 Å². The summed E-state index contributed by atoms with van der Waals surface area (Å²) in [6.07, 6.45) is 3.16. The highest BCUT2D eigenvalue weighted by molar-refractivity contribution is 6.07. The summed E-state index contributed by atoms with van der Waals surface area (Å²) in [5, 5.41) is 0. The van der Waals surface area contributed by atoms with E-state index in [1.807, 2.05) is 43.3 Å². The lowest BCUT2D eigenvalue weighted by Crippen LogP contribution is -2.19. The van der Waals surface area contributed by atoms with Gasteiger partial charge in [0.2, 0.25) is 0 Å². The predicted octanol–water partition coefficient (Wildman–Crippen LogP) is 2.95. The van der Waals surface area contributed by atoms with Crippen molar-refractivity contribution in [3.05, 3.63) is 69.1 Å². The number of ketones is 1. The van der Waals surface area contributed by atoms with Gasteiger partial charge in [-0.3, -0.25) is 9.59 Å². The van der Waals surface area contributed by atoms with Crippen molar-refractivity contribution in [1.29, 1.82) is 0 Å². The van der Waals surface area contributed by atoms with Gasteiger partial charge in [0.15, 0.2) is 5.78 Å². The third-order valence-corrected chi connectivity index (χ3v) is 3.45. The van der Waals surface area contributed by atoms with E-state index < -0.39 is 0 Å². The van der Waals surface area contributed by atoms with E-state index in [0.717, 1.165) is 16.9 Å². The van der Waals surface area contributed by atoms with E-state index in [2.05, 4.69) is 4.98 Å². The molecule has 0 spiro atoms. The molecule has 0 unspecified atom stereocenters. The molecule has 0 aliphatic carbocycles. The normalized spacial score (nSPS) is 10.9. The molecule has 0 saturated carbocycles. The highest BCUT2D eigenvalue weighted by Crippen LogP contribution is 2.13. The van der Waals surface area contributed by atoms with Crippen LogP contribution in [-0.2, 0) is 0 Å². The van der Waals surface area contributed by atoms with Gasteiger partial charge in [-0.25, -0.2) is 0 Å². The van der Waals surface area contributed by atoms with Crippen LogP contribution in [0.1, 0.15) is 27.2 Å². The molecule has 0 fully saturated rings. The molecule has 1 N–H and O–H groups in total. The van der Waals surface area contributed by atoms with Crippen molar-refractivity contribution < 1.29 is 4.79 Å². The third-order valence-electron chi connectivity index (χ3n) is 3.45. The van der Waals surface area contributed by atoms with Crippen molar-refractivity contribution in [1.82, 2.24) is 4.98 Å². The molecular formula is C18H20N2O2. The summed E-state index contributed by atoms with van der Waals surface area (Å²) in [6, 6.07) is 9.63. The average Bonchev–Trinajstić information content (AvgIpc) is 2.44. The first-order chi connectivity index (χ1) is 10.4. The molecular weight excluding hydrogens is 276 g/mol. The van der Waals surface area contributed by atoms with Gasteiger partial charge in [0.25, 0.3) is 5.56 Å². The van der Waals surface area contributed by atoms with Gasteiger partial charge in [0.05, 0.1) is 5.56 Å². The number of aryl methyl sites for hydroxylation is 2. The number of nitrogens with one attached hydrogen (secondary N) is 1.